The van der Waals surface area contributed by atoms with Crippen molar-refractivity contribution in [3.63, 3.8) is 0 Å². The van der Waals surface area contributed by atoms with Gasteiger partial charge in [0.2, 0.25) is 0 Å². The molecule has 2 aromatic rings. The third-order valence-electron chi connectivity index (χ3n) is 3.33. The van der Waals surface area contributed by atoms with Gasteiger partial charge in [0.25, 0.3) is 5.91 Å². The highest BCUT2D eigenvalue weighted by atomic mass is 35.5. The molecule has 0 aliphatic carbocycles. The number of nitrogens with zero attached hydrogens (tertiary/aromatic N) is 3. The maximum atomic E-state index is 11.9. The number of aryl methyl sites for hydroxylation is 1. The molecule has 0 bridgehead atoms. The molecule has 22 heavy (non-hydrogen) atoms. The van der Waals surface area contributed by atoms with Crippen molar-refractivity contribution in [2.45, 2.75) is 25.9 Å². The summed E-state index contributed by atoms with van der Waals surface area (Å²) >= 11 is 6.11. The fourth-order valence-corrected chi connectivity index (χ4v) is 2.58. The van der Waals surface area contributed by atoms with E-state index in [0.717, 1.165) is 25.1 Å². The van der Waals surface area contributed by atoms with Crippen molar-refractivity contribution in [2.75, 3.05) is 25.1 Å². The van der Waals surface area contributed by atoms with E-state index in [1.54, 1.807) is 12.1 Å². The third-order valence-corrected chi connectivity index (χ3v) is 3.60. The molecule has 0 saturated carbocycles. The van der Waals surface area contributed by atoms with Crippen molar-refractivity contribution < 1.29 is 14.3 Å². The Kier molecular flexibility index (Phi) is 4.56. The maximum Gasteiger partial charge on any atom is 0.251 e. The van der Waals surface area contributed by atoms with E-state index in [4.69, 9.17) is 21.1 Å². The van der Waals surface area contributed by atoms with Gasteiger partial charge in [-0.25, -0.2) is 9.50 Å². The van der Waals surface area contributed by atoms with Crippen LogP contribution in [0.3, 0.4) is 0 Å². The molecule has 1 amide bonds. The molecule has 2 aromatic heterocycles. The van der Waals surface area contributed by atoms with Crippen molar-refractivity contribution in [1.82, 2.24) is 14.6 Å². The lowest BCUT2D eigenvalue weighted by atomic mass is 10.2. The standard InChI is InChI=1S/C14H17ClN4O3/c1-9-5-13-16-12(6-11(15)19(13)18-9)17-14(20)8-21-7-10-3-2-4-22-10/h5-6,10H,2-4,7-8H2,1H3,(H,16,17,20). The summed E-state index contributed by atoms with van der Waals surface area (Å²) < 4.78 is 12.3. The molecule has 7 nitrogen and oxygen atoms in total. The van der Waals surface area contributed by atoms with Crippen LogP contribution in [0.15, 0.2) is 12.1 Å². The number of nitrogens with one attached hydrogen (secondary N) is 1. The van der Waals surface area contributed by atoms with Crippen LogP contribution in [-0.2, 0) is 14.3 Å². The molecule has 1 N–H and O–H groups in total. The summed E-state index contributed by atoms with van der Waals surface area (Å²) in [5.74, 6) is 0.102. The molecule has 0 spiro atoms. The van der Waals surface area contributed by atoms with Crippen LogP contribution in [0.1, 0.15) is 18.5 Å². The van der Waals surface area contributed by atoms with Gasteiger partial charge in [-0.15, -0.1) is 0 Å². The number of anilines is 1. The summed E-state index contributed by atoms with van der Waals surface area (Å²) in [6, 6.07) is 3.34. The normalized spacial score (nSPS) is 18.0. The van der Waals surface area contributed by atoms with Crippen LogP contribution in [0, 0.1) is 6.92 Å². The molecule has 1 atom stereocenters. The van der Waals surface area contributed by atoms with Gasteiger partial charge in [-0.3, -0.25) is 4.79 Å². The molecular formula is C14H17ClN4O3. The van der Waals surface area contributed by atoms with Crippen LogP contribution < -0.4 is 5.32 Å². The first-order chi connectivity index (χ1) is 10.6. The van der Waals surface area contributed by atoms with Crippen LogP contribution in [-0.4, -0.2) is 46.4 Å². The van der Waals surface area contributed by atoms with Crippen LogP contribution in [0.5, 0.6) is 0 Å². The SMILES string of the molecule is Cc1cc2nc(NC(=O)COCC3CCCO3)cc(Cl)n2n1. The minimum atomic E-state index is -0.276. The Morgan fingerprint density at radius 2 is 2.45 bits per heavy atom. The molecule has 1 saturated heterocycles. The van der Waals surface area contributed by atoms with Crippen molar-refractivity contribution in [2.24, 2.45) is 0 Å². The Hall–Kier alpha value is -1.70. The van der Waals surface area contributed by atoms with Gasteiger partial charge in [-0.2, -0.15) is 5.10 Å². The van der Waals surface area contributed by atoms with Crippen LogP contribution in [0.4, 0.5) is 5.82 Å². The van der Waals surface area contributed by atoms with Crippen LogP contribution >= 0.6 is 11.6 Å². The third kappa shape index (κ3) is 3.55. The lowest BCUT2D eigenvalue weighted by Gasteiger charge is -2.10. The number of carbonyl (C=O) groups is 1. The maximum absolute atomic E-state index is 11.9. The molecule has 3 heterocycles. The van der Waals surface area contributed by atoms with E-state index < -0.39 is 0 Å². The van der Waals surface area contributed by atoms with Crippen LogP contribution in [0.25, 0.3) is 5.65 Å². The predicted octanol–water partition coefficient (Wildman–Crippen LogP) is 1.83. The first-order valence-corrected chi connectivity index (χ1v) is 7.52. The Morgan fingerprint density at radius 3 is 3.23 bits per heavy atom. The first kappa shape index (κ1) is 15.2. The van der Waals surface area contributed by atoms with Crippen LogP contribution in [0.2, 0.25) is 5.15 Å². The molecule has 118 valence electrons. The van der Waals surface area contributed by atoms with E-state index in [1.807, 2.05) is 6.92 Å². The van der Waals surface area contributed by atoms with Gasteiger partial charge in [-0.05, 0) is 19.8 Å². The van der Waals surface area contributed by atoms with E-state index in [0.29, 0.717) is 23.2 Å². The molecular weight excluding hydrogens is 308 g/mol. The quantitative estimate of drug-likeness (QED) is 0.849. The van der Waals surface area contributed by atoms with Gasteiger partial charge in [-0.1, -0.05) is 11.6 Å². The zero-order chi connectivity index (χ0) is 15.5. The summed E-state index contributed by atoms with van der Waals surface area (Å²) in [6.45, 7) is 3.01. The number of aromatic nitrogens is 3. The second kappa shape index (κ2) is 6.60. The molecule has 1 aliphatic heterocycles. The Balaban J connectivity index is 1.56. The van der Waals surface area contributed by atoms with E-state index in [-0.39, 0.29) is 18.6 Å². The van der Waals surface area contributed by atoms with E-state index in [2.05, 4.69) is 15.4 Å². The molecule has 1 unspecified atom stereocenters. The monoisotopic (exact) mass is 324 g/mol. The number of carbonyl (C=O) groups excluding carboxylic acids is 1. The molecule has 1 aliphatic rings. The highest BCUT2D eigenvalue weighted by Gasteiger charge is 2.16. The molecule has 3 rings (SSSR count). The number of hydrogen-bond acceptors (Lipinski definition) is 5. The van der Waals surface area contributed by atoms with Gasteiger partial charge in [0, 0.05) is 18.7 Å². The minimum absolute atomic E-state index is 0.0391. The van der Waals surface area contributed by atoms with Gasteiger partial charge in [0.05, 0.1) is 18.4 Å². The number of amides is 1. The molecule has 1 fully saturated rings. The Morgan fingerprint density at radius 1 is 1.59 bits per heavy atom. The van der Waals surface area contributed by atoms with E-state index >= 15 is 0 Å². The summed E-state index contributed by atoms with van der Waals surface area (Å²) in [5, 5.41) is 7.25. The first-order valence-electron chi connectivity index (χ1n) is 7.14. The average Bonchev–Trinajstić information content (AvgIpc) is 3.08. The second-order valence-corrected chi connectivity index (χ2v) is 5.61. The average molecular weight is 325 g/mol. The van der Waals surface area contributed by atoms with E-state index in [1.165, 1.54) is 4.52 Å². The lowest BCUT2D eigenvalue weighted by molar-refractivity contribution is -0.121. The van der Waals surface area contributed by atoms with Crippen molar-refractivity contribution >= 4 is 29.0 Å². The number of rotatable bonds is 5. The lowest BCUT2D eigenvalue weighted by Crippen LogP contribution is -2.23. The molecule has 0 radical (unpaired) electrons. The highest BCUT2D eigenvalue weighted by molar-refractivity contribution is 6.30. The molecule has 0 aromatic carbocycles. The number of hydrogen-bond donors (Lipinski definition) is 1. The Bertz CT molecular complexity index is 682. The number of fused-ring (bicyclic) bond motifs is 1. The van der Waals surface area contributed by atoms with Crippen molar-refractivity contribution in [3.8, 4) is 0 Å². The summed E-state index contributed by atoms with van der Waals surface area (Å²) in [4.78, 5) is 16.1. The number of ether oxygens (including phenoxy) is 2. The number of halogens is 1. The van der Waals surface area contributed by atoms with Gasteiger partial charge in [0.1, 0.15) is 17.6 Å². The topological polar surface area (TPSA) is 77.8 Å². The van der Waals surface area contributed by atoms with Crippen molar-refractivity contribution in [1.29, 1.82) is 0 Å². The second-order valence-electron chi connectivity index (χ2n) is 5.22. The van der Waals surface area contributed by atoms with Crippen molar-refractivity contribution in [3.05, 3.63) is 23.0 Å². The predicted molar refractivity (Wildman–Crippen MR) is 81.2 cm³/mol. The zero-order valence-corrected chi connectivity index (χ0v) is 13.0. The summed E-state index contributed by atoms with van der Waals surface area (Å²) in [5.41, 5.74) is 1.39. The minimum Gasteiger partial charge on any atom is -0.376 e. The fourth-order valence-electron chi connectivity index (χ4n) is 2.35. The zero-order valence-electron chi connectivity index (χ0n) is 12.2. The smallest absolute Gasteiger partial charge is 0.251 e. The summed E-state index contributed by atoms with van der Waals surface area (Å²) in [7, 11) is 0. The summed E-state index contributed by atoms with van der Waals surface area (Å²) in [6.07, 6.45) is 2.13. The fraction of sp³-hybridized carbons (Fsp3) is 0.500. The van der Waals surface area contributed by atoms with Gasteiger partial charge >= 0.3 is 0 Å². The molecule has 8 heteroatoms. The van der Waals surface area contributed by atoms with Gasteiger partial charge in [0.15, 0.2) is 5.65 Å². The van der Waals surface area contributed by atoms with Gasteiger partial charge < -0.3 is 14.8 Å². The Labute approximate surface area is 132 Å². The highest BCUT2D eigenvalue weighted by Crippen LogP contribution is 2.17. The largest absolute Gasteiger partial charge is 0.376 e. The van der Waals surface area contributed by atoms with E-state index in [9.17, 15) is 4.79 Å².